The van der Waals surface area contributed by atoms with Crippen LogP contribution < -0.4 is 0 Å². The maximum absolute atomic E-state index is 13.5. The van der Waals surface area contributed by atoms with E-state index in [-0.39, 0.29) is 5.54 Å². The lowest BCUT2D eigenvalue weighted by Gasteiger charge is -2.43. The molecule has 2 aromatic heterocycles. The molecule has 7 aromatic rings. The highest BCUT2D eigenvalue weighted by molar-refractivity contribution is 7.90. The molecule has 1 aliphatic carbocycles. The van der Waals surface area contributed by atoms with Gasteiger partial charge in [-0.1, -0.05) is 109 Å². The average molecular weight is 714 g/mol. The molecular formula is C42H39N3O4S2. The Morgan fingerprint density at radius 1 is 0.588 bits per heavy atom. The molecule has 0 aliphatic heterocycles. The van der Waals surface area contributed by atoms with Crippen LogP contribution in [0.5, 0.6) is 0 Å². The largest absolute Gasteiger partial charge is 0.299 e. The van der Waals surface area contributed by atoms with Gasteiger partial charge in [-0.05, 0) is 87.0 Å². The smallest absolute Gasteiger partial charge is 0.268 e. The van der Waals surface area contributed by atoms with Crippen molar-refractivity contribution in [3.8, 4) is 0 Å². The number of benzene rings is 5. The Labute approximate surface area is 299 Å². The standard InChI is InChI=1S/C28H28N2O2S.C14H11NO2S/c1-29(2)28(23-11-5-3-6-12-23)19-17-22(18-20-28)26-21-30(27-16-10-9-15-25(26)27)33(31,32)24-13-7-4-8-14-24;16-18(17,13-7-2-1-3-8-13)15-11-10-12-6-4-5-9-14(12)15/h3-17,21H,18-20H2,1-2H3;1-11H. The van der Waals surface area contributed by atoms with Gasteiger partial charge < -0.3 is 0 Å². The lowest BCUT2D eigenvalue weighted by Crippen LogP contribution is -2.42. The van der Waals surface area contributed by atoms with Crippen molar-refractivity contribution in [1.82, 2.24) is 12.8 Å². The van der Waals surface area contributed by atoms with Crippen LogP contribution in [0.15, 0.2) is 174 Å². The zero-order valence-corrected chi connectivity index (χ0v) is 30.1. The van der Waals surface area contributed by atoms with E-state index in [1.54, 1.807) is 72.9 Å². The Bertz CT molecular complexity index is 2560. The maximum Gasteiger partial charge on any atom is 0.268 e. The summed E-state index contributed by atoms with van der Waals surface area (Å²) < 4.78 is 54.6. The molecule has 0 spiro atoms. The highest BCUT2D eigenvalue weighted by atomic mass is 32.2. The Kier molecular flexibility index (Phi) is 9.28. The molecule has 8 rings (SSSR count). The molecule has 5 aromatic carbocycles. The molecule has 258 valence electrons. The third kappa shape index (κ3) is 6.33. The second kappa shape index (κ2) is 13.8. The van der Waals surface area contributed by atoms with Crippen molar-refractivity contribution < 1.29 is 16.8 Å². The fraction of sp³-hybridized carbons (Fsp3) is 0.143. The third-order valence-corrected chi connectivity index (χ3v) is 13.2. The molecule has 0 saturated carbocycles. The molecule has 1 atom stereocenters. The quantitative estimate of drug-likeness (QED) is 0.165. The summed E-state index contributed by atoms with van der Waals surface area (Å²) >= 11 is 0. The molecule has 2 heterocycles. The molecule has 0 saturated heterocycles. The van der Waals surface area contributed by atoms with Crippen LogP contribution in [-0.2, 0) is 25.6 Å². The number of nitrogens with zero attached hydrogens (tertiary/aromatic N) is 3. The van der Waals surface area contributed by atoms with Crippen molar-refractivity contribution in [3.63, 3.8) is 0 Å². The van der Waals surface area contributed by atoms with Crippen LogP contribution in [0.1, 0.15) is 30.4 Å². The molecule has 9 heteroatoms. The molecule has 0 amide bonds. The molecule has 7 nitrogen and oxygen atoms in total. The van der Waals surface area contributed by atoms with E-state index >= 15 is 0 Å². The summed E-state index contributed by atoms with van der Waals surface area (Å²) in [4.78, 5) is 2.91. The summed E-state index contributed by atoms with van der Waals surface area (Å²) in [6.07, 6.45) is 8.44. The highest BCUT2D eigenvalue weighted by Gasteiger charge is 2.36. The predicted molar refractivity (Wildman–Crippen MR) is 206 cm³/mol. The van der Waals surface area contributed by atoms with Crippen LogP contribution in [0.3, 0.4) is 0 Å². The second-order valence-corrected chi connectivity index (χ2v) is 16.5. The normalized spacial score (nSPS) is 16.5. The van der Waals surface area contributed by atoms with Crippen LogP contribution >= 0.6 is 0 Å². The number of aromatic nitrogens is 2. The van der Waals surface area contributed by atoms with E-state index in [0.29, 0.717) is 20.8 Å². The van der Waals surface area contributed by atoms with Crippen molar-refractivity contribution in [2.45, 2.75) is 34.6 Å². The van der Waals surface area contributed by atoms with Crippen molar-refractivity contribution in [3.05, 3.63) is 175 Å². The van der Waals surface area contributed by atoms with Gasteiger partial charge in [0.05, 0.1) is 20.8 Å². The minimum absolute atomic E-state index is 0.0563. The van der Waals surface area contributed by atoms with Gasteiger partial charge in [-0.2, -0.15) is 0 Å². The summed E-state index contributed by atoms with van der Waals surface area (Å²) in [5.74, 6) is 0. The van der Waals surface area contributed by atoms with E-state index in [2.05, 4.69) is 55.4 Å². The van der Waals surface area contributed by atoms with Crippen LogP contribution in [0, 0.1) is 0 Å². The highest BCUT2D eigenvalue weighted by Crippen LogP contribution is 2.44. The van der Waals surface area contributed by atoms with E-state index in [1.165, 1.54) is 19.1 Å². The van der Waals surface area contributed by atoms with Crippen molar-refractivity contribution in [2.24, 2.45) is 0 Å². The number of allylic oxidation sites excluding steroid dienone is 1. The molecule has 0 fully saturated rings. The molecule has 0 N–H and O–H groups in total. The number of rotatable bonds is 7. The molecule has 1 aliphatic rings. The summed E-state index contributed by atoms with van der Waals surface area (Å²) in [6.45, 7) is 0. The van der Waals surface area contributed by atoms with Gasteiger partial charge in [-0.25, -0.2) is 24.8 Å². The first kappa shape index (κ1) is 34.2. The fourth-order valence-corrected chi connectivity index (χ4v) is 9.81. The molecular weight excluding hydrogens is 675 g/mol. The average Bonchev–Trinajstić information content (AvgIpc) is 3.80. The van der Waals surface area contributed by atoms with Crippen LogP contribution in [-0.4, -0.2) is 43.8 Å². The first-order valence-corrected chi connectivity index (χ1v) is 19.7. The number of hydrogen-bond acceptors (Lipinski definition) is 5. The lowest BCUT2D eigenvalue weighted by molar-refractivity contribution is 0.138. The van der Waals surface area contributed by atoms with Gasteiger partial charge in [-0.15, -0.1) is 0 Å². The van der Waals surface area contributed by atoms with E-state index < -0.39 is 20.0 Å². The maximum atomic E-state index is 13.5. The number of fused-ring (bicyclic) bond motifs is 2. The van der Waals surface area contributed by atoms with Gasteiger partial charge in [0, 0.05) is 34.3 Å². The van der Waals surface area contributed by atoms with Crippen LogP contribution in [0.2, 0.25) is 0 Å². The van der Waals surface area contributed by atoms with Gasteiger partial charge >= 0.3 is 0 Å². The summed E-state index contributed by atoms with van der Waals surface area (Å²) in [7, 11) is -2.90. The Morgan fingerprint density at radius 2 is 1.12 bits per heavy atom. The fourth-order valence-electron chi connectivity index (χ4n) is 7.04. The molecule has 0 radical (unpaired) electrons. The predicted octanol–water partition coefficient (Wildman–Crippen LogP) is 8.78. The van der Waals surface area contributed by atoms with Crippen LogP contribution in [0.4, 0.5) is 0 Å². The summed E-state index contributed by atoms with van der Waals surface area (Å²) in [5.41, 5.74) is 4.89. The Balaban J connectivity index is 0.000000190. The molecule has 1 unspecified atom stereocenters. The third-order valence-electron chi connectivity index (χ3n) is 9.85. The Morgan fingerprint density at radius 3 is 1.71 bits per heavy atom. The first-order valence-electron chi connectivity index (χ1n) is 16.8. The number of para-hydroxylation sites is 2. The number of hydrogen-bond donors (Lipinski definition) is 0. The monoisotopic (exact) mass is 713 g/mol. The van der Waals surface area contributed by atoms with Crippen molar-refractivity contribution in [2.75, 3.05) is 14.1 Å². The topological polar surface area (TPSA) is 81.4 Å². The van der Waals surface area contributed by atoms with E-state index in [1.807, 2.05) is 54.7 Å². The molecule has 51 heavy (non-hydrogen) atoms. The van der Waals surface area contributed by atoms with E-state index in [4.69, 9.17) is 0 Å². The lowest BCUT2D eigenvalue weighted by atomic mass is 9.75. The van der Waals surface area contributed by atoms with Crippen molar-refractivity contribution in [1.29, 1.82) is 0 Å². The van der Waals surface area contributed by atoms with Crippen LogP contribution in [0.25, 0.3) is 27.4 Å². The SMILES string of the molecule is CN(C)C1(c2ccccc2)CC=C(c2cn(S(=O)(=O)c3ccccc3)c3ccccc23)CC1.O=S(=O)(c1ccccc1)n1ccc2ccccc21. The molecule has 0 bridgehead atoms. The van der Waals surface area contributed by atoms with Crippen molar-refractivity contribution >= 4 is 47.4 Å². The van der Waals surface area contributed by atoms with Gasteiger partial charge in [0.15, 0.2) is 0 Å². The Hall–Kier alpha value is -5.22. The van der Waals surface area contributed by atoms with Gasteiger partial charge in [0.2, 0.25) is 0 Å². The van der Waals surface area contributed by atoms with Gasteiger partial charge in [-0.3, -0.25) is 4.90 Å². The van der Waals surface area contributed by atoms with Gasteiger partial charge in [0.25, 0.3) is 20.0 Å². The minimum atomic E-state index is -3.68. The summed E-state index contributed by atoms with van der Waals surface area (Å²) in [6, 6.07) is 44.7. The second-order valence-electron chi connectivity index (χ2n) is 12.9. The zero-order chi connectivity index (χ0) is 35.6. The summed E-state index contributed by atoms with van der Waals surface area (Å²) in [5, 5.41) is 1.89. The first-order chi connectivity index (χ1) is 24.6. The zero-order valence-electron chi connectivity index (χ0n) is 28.5. The van der Waals surface area contributed by atoms with E-state index in [9.17, 15) is 16.8 Å². The minimum Gasteiger partial charge on any atom is -0.299 e. The van der Waals surface area contributed by atoms with Gasteiger partial charge in [0.1, 0.15) is 0 Å². The van der Waals surface area contributed by atoms with E-state index in [0.717, 1.165) is 35.6 Å².